The molecule has 2 amide bonds. The summed E-state index contributed by atoms with van der Waals surface area (Å²) in [7, 11) is 0. The van der Waals surface area contributed by atoms with Gasteiger partial charge in [-0.2, -0.15) is 0 Å². The van der Waals surface area contributed by atoms with Crippen LogP contribution in [0, 0.1) is 0 Å². The number of fused-ring (bicyclic) bond motifs is 1. The maximum atomic E-state index is 12.8. The van der Waals surface area contributed by atoms with E-state index in [2.05, 4.69) is 42.9 Å². The Bertz CT molecular complexity index is 743. The Morgan fingerprint density at radius 1 is 1.16 bits per heavy atom. The SMILES string of the molecule is C=C1CCC(N2Cc3cc(N4CCN(Br)CC4)ccc3C2=O)C(=O)N1. The molecule has 25 heavy (non-hydrogen) atoms. The van der Waals surface area contributed by atoms with Gasteiger partial charge in [0.05, 0.1) is 0 Å². The summed E-state index contributed by atoms with van der Waals surface area (Å²) in [5.41, 5.74) is 3.62. The molecule has 3 aliphatic rings. The highest BCUT2D eigenvalue weighted by atomic mass is 79.9. The van der Waals surface area contributed by atoms with Crippen molar-refractivity contribution < 1.29 is 9.59 Å². The Hall–Kier alpha value is -1.86. The number of benzene rings is 1. The number of piperidine rings is 1. The molecule has 0 bridgehead atoms. The Kier molecular flexibility index (Phi) is 4.29. The highest BCUT2D eigenvalue weighted by Crippen LogP contribution is 2.31. The standard InChI is InChI=1S/C18H21BrN4O2/c1-12-2-5-16(17(24)20-12)23-11-13-10-14(3-4-15(13)18(23)25)21-6-8-22(19)9-7-21/h3-4,10,16H,1-2,5-9,11H2,(H,20,24). The van der Waals surface area contributed by atoms with Crippen LogP contribution < -0.4 is 10.2 Å². The molecule has 2 fully saturated rings. The number of halogens is 1. The van der Waals surface area contributed by atoms with E-state index in [1.54, 1.807) is 4.90 Å². The highest BCUT2D eigenvalue weighted by molar-refractivity contribution is 9.07. The number of nitrogens with one attached hydrogen (secondary N) is 1. The number of carbonyl (C=O) groups is 2. The minimum absolute atomic E-state index is 0.0421. The predicted molar refractivity (Wildman–Crippen MR) is 99.3 cm³/mol. The number of rotatable bonds is 2. The molecule has 1 atom stereocenters. The van der Waals surface area contributed by atoms with Crippen LogP contribution in [-0.4, -0.2) is 52.9 Å². The van der Waals surface area contributed by atoms with Gasteiger partial charge in [-0.15, -0.1) is 0 Å². The molecule has 3 heterocycles. The van der Waals surface area contributed by atoms with Gasteiger partial charge in [-0.05, 0) is 36.6 Å². The zero-order chi connectivity index (χ0) is 17.6. The van der Waals surface area contributed by atoms with Crippen molar-refractivity contribution >= 4 is 33.6 Å². The van der Waals surface area contributed by atoms with Crippen LogP contribution in [0.4, 0.5) is 5.69 Å². The largest absolute Gasteiger partial charge is 0.369 e. The molecule has 0 saturated carbocycles. The van der Waals surface area contributed by atoms with Crippen LogP contribution in [0.5, 0.6) is 0 Å². The lowest BCUT2D eigenvalue weighted by molar-refractivity contribution is -0.126. The molecule has 132 valence electrons. The molecule has 6 nitrogen and oxygen atoms in total. The van der Waals surface area contributed by atoms with E-state index in [4.69, 9.17) is 0 Å². The zero-order valence-corrected chi connectivity index (χ0v) is 15.6. The average Bonchev–Trinajstić information content (AvgIpc) is 2.92. The second kappa shape index (κ2) is 6.46. The summed E-state index contributed by atoms with van der Waals surface area (Å²) in [6.07, 6.45) is 1.36. The van der Waals surface area contributed by atoms with E-state index in [-0.39, 0.29) is 11.8 Å². The van der Waals surface area contributed by atoms with E-state index in [1.165, 1.54) is 0 Å². The monoisotopic (exact) mass is 404 g/mol. The number of amides is 2. The predicted octanol–water partition coefficient (Wildman–Crippen LogP) is 1.87. The number of allylic oxidation sites excluding steroid dienone is 1. The fraction of sp³-hybridized carbons (Fsp3) is 0.444. The van der Waals surface area contributed by atoms with Crippen molar-refractivity contribution in [1.29, 1.82) is 0 Å². The van der Waals surface area contributed by atoms with Gasteiger partial charge in [0.1, 0.15) is 6.04 Å². The van der Waals surface area contributed by atoms with Gasteiger partial charge in [0, 0.05) is 65.8 Å². The van der Waals surface area contributed by atoms with E-state index >= 15 is 0 Å². The van der Waals surface area contributed by atoms with E-state index in [0.717, 1.165) is 55.1 Å². The van der Waals surface area contributed by atoms with E-state index < -0.39 is 6.04 Å². The third kappa shape index (κ3) is 3.06. The van der Waals surface area contributed by atoms with Crippen molar-refractivity contribution in [3.05, 3.63) is 41.6 Å². The summed E-state index contributed by atoms with van der Waals surface area (Å²) >= 11 is 3.52. The van der Waals surface area contributed by atoms with Crippen LogP contribution in [0.25, 0.3) is 0 Å². The number of carbonyl (C=O) groups excluding carboxylic acids is 2. The van der Waals surface area contributed by atoms with Crippen LogP contribution in [0.15, 0.2) is 30.5 Å². The summed E-state index contributed by atoms with van der Waals surface area (Å²) in [4.78, 5) is 29.0. The van der Waals surface area contributed by atoms with E-state index in [0.29, 0.717) is 13.0 Å². The van der Waals surface area contributed by atoms with Gasteiger partial charge in [0.25, 0.3) is 5.91 Å². The van der Waals surface area contributed by atoms with Gasteiger partial charge in [0.15, 0.2) is 0 Å². The fourth-order valence-electron chi connectivity index (χ4n) is 3.78. The number of piperazine rings is 1. The first-order valence-corrected chi connectivity index (χ1v) is 9.32. The Labute approximate surface area is 155 Å². The fourth-order valence-corrected chi connectivity index (χ4v) is 4.09. The molecule has 1 aromatic carbocycles. The molecule has 0 spiro atoms. The molecular weight excluding hydrogens is 384 g/mol. The van der Waals surface area contributed by atoms with Crippen molar-refractivity contribution in [2.45, 2.75) is 25.4 Å². The molecule has 7 heteroatoms. The molecule has 2 saturated heterocycles. The Morgan fingerprint density at radius 3 is 2.64 bits per heavy atom. The zero-order valence-electron chi connectivity index (χ0n) is 14.0. The smallest absolute Gasteiger partial charge is 0.255 e. The topological polar surface area (TPSA) is 55.9 Å². The molecule has 3 aliphatic heterocycles. The van der Waals surface area contributed by atoms with Crippen molar-refractivity contribution in [1.82, 2.24) is 14.1 Å². The molecule has 1 N–H and O–H groups in total. The van der Waals surface area contributed by atoms with Crippen LogP contribution in [-0.2, 0) is 11.3 Å². The average molecular weight is 405 g/mol. The van der Waals surface area contributed by atoms with Crippen molar-refractivity contribution in [2.75, 3.05) is 31.1 Å². The number of nitrogens with zero attached hydrogens (tertiary/aromatic N) is 3. The number of anilines is 1. The molecule has 1 aromatic rings. The first-order valence-electron chi connectivity index (χ1n) is 8.61. The summed E-state index contributed by atoms with van der Waals surface area (Å²) in [6.45, 7) is 8.15. The van der Waals surface area contributed by atoms with E-state index in [9.17, 15) is 9.59 Å². The third-order valence-electron chi connectivity index (χ3n) is 5.21. The lowest BCUT2D eigenvalue weighted by Gasteiger charge is -2.33. The first kappa shape index (κ1) is 16.6. The summed E-state index contributed by atoms with van der Waals surface area (Å²) in [6, 6.07) is 5.64. The minimum Gasteiger partial charge on any atom is -0.369 e. The quantitative estimate of drug-likeness (QED) is 0.764. The maximum absolute atomic E-state index is 12.8. The number of hydrogen-bond donors (Lipinski definition) is 1. The van der Waals surface area contributed by atoms with Crippen LogP contribution in [0.2, 0.25) is 0 Å². The summed E-state index contributed by atoms with van der Waals surface area (Å²) < 4.78 is 2.14. The van der Waals surface area contributed by atoms with Gasteiger partial charge >= 0.3 is 0 Å². The van der Waals surface area contributed by atoms with Crippen molar-refractivity contribution in [3.8, 4) is 0 Å². The Balaban J connectivity index is 1.53. The summed E-state index contributed by atoms with van der Waals surface area (Å²) in [5.74, 6) is -0.162. The van der Waals surface area contributed by atoms with Crippen molar-refractivity contribution in [3.63, 3.8) is 0 Å². The maximum Gasteiger partial charge on any atom is 0.255 e. The van der Waals surface area contributed by atoms with Crippen LogP contribution >= 0.6 is 16.1 Å². The molecule has 0 radical (unpaired) electrons. The molecule has 0 aliphatic carbocycles. The van der Waals surface area contributed by atoms with Crippen molar-refractivity contribution in [2.24, 2.45) is 0 Å². The second-order valence-electron chi connectivity index (χ2n) is 6.82. The lowest BCUT2D eigenvalue weighted by Crippen LogP contribution is -2.49. The van der Waals surface area contributed by atoms with Gasteiger partial charge in [-0.3, -0.25) is 9.59 Å². The van der Waals surface area contributed by atoms with Gasteiger partial charge in [-0.1, -0.05) is 6.58 Å². The normalized spacial score (nSPS) is 24.5. The molecule has 1 unspecified atom stereocenters. The highest BCUT2D eigenvalue weighted by Gasteiger charge is 2.38. The number of hydrogen-bond acceptors (Lipinski definition) is 4. The molecular formula is C18H21BrN4O2. The minimum atomic E-state index is -0.397. The first-order chi connectivity index (χ1) is 12.0. The second-order valence-corrected chi connectivity index (χ2v) is 7.82. The third-order valence-corrected chi connectivity index (χ3v) is 5.92. The van der Waals surface area contributed by atoms with Gasteiger partial charge in [-0.25, -0.2) is 3.93 Å². The Morgan fingerprint density at radius 2 is 1.92 bits per heavy atom. The van der Waals surface area contributed by atoms with Gasteiger partial charge < -0.3 is 15.1 Å². The summed E-state index contributed by atoms with van der Waals surface area (Å²) in [5, 5.41) is 2.78. The van der Waals surface area contributed by atoms with Crippen LogP contribution in [0.1, 0.15) is 28.8 Å². The lowest BCUT2D eigenvalue weighted by atomic mass is 10.0. The van der Waals surface area contributed by atoms with E-state index in [1.807, 2.05) is 12.1 Å². The van der Waals surface area contributed by atoms with Gasteiger partial charge in [0.2, 0.25) is 5.91 Å². The molecule has 0 aromatic heterocycles. The van der Waals surface area contributed by atoms with Crippen LogP contribution in [0.3, 0.4) is 0 Å². The molecule has 4 rings (SSSR count).